The third-order valence-corrected chi connectivity index (χ3v) is 19.8. The summed E-state index contributed by atoms with van der Waals surface area (Å²) in [6, 6.07) is 0. The third kappa shape index (κ3) is 10.5. The maximum absolute atomic E-state index is 11.6. The van der Waals surface area contributed by atoms with Crippen molar-refractivity contribution in [2.45, 2.75) is 233 Å². The quantitative estimate of drug-likeness (QED) is 0.0720. The molecule has 9 rings (SSSR count). The molecule has 0 aromatic rings. The van der Waals surface area contributed by atoms with E-state index < -0.39 is 148 Å². The molecule has 3 saturated carbocycles. The molecule has 13 N–H and O–H groups in total. The van der Waals surface area contributed by atoms with Gasteiger partial charge < -0.3 is 114 Å². The van der Waals surface area contributed by atoms with Crippen LogP contribution in [0, 0.1) is 46.3 Å². The molecule has 23 nitrogen and oxygen atoms in total. The van der Waals surface area contributed by atoms with Gasteiger partial charge in [-0.1, -0.05) is 39.3 Å². The smallest absolute Gasteiger partial charge is 0.187 e. The number of fused-ring (bicyclic) bond motifs is 7. The van der Waals surface area contributed by atoms with Gasteiger partial charge in [-0.2, -0.15) is 0 Å². The normalized spacial score (nSPS) is 54.3. The summed E-state index contributed by atoms with van der Waals surface area (Å²) in [6.07, 6.45) is -21.0. The highest BCUT2D eigenvalue weighted by Crippen LogP contribution is 2.70. The molecule has 23 heteroatoms. The topological polar surface area (TPSA) is 355 Å². The van der Waals surface area contributed by atoms with Gasteiger partial charge in [0.25, 0.3) is 0 Å². The molecule has 5 heterocycles. The van der Waals surface area contributed by atoms with Crippen molar-refractivity contribution in [2.24, 2.45) is 46.3 Å². The Morgan fingerprint density at radius 3 is 1.91 bits per heavy atom. The lowest BCUT2D eigenvalue weighted by molar-refractivity contribution is -0.388. The minimum atomic E-state index is -1.84. The fraction of sp³-hybridized carbons (Fsp3) is 0.962. The van der Waals surface area contributed by atoms with Crippen molar-refractivity contribution in [3.8, 4) is 0 Å². The largest absolute Gasteiger partial charge is 0.394 e. The van der Waals surface area contributed by atoms with Crippen LogP contribution in [-0.2, 0) is 47.4 Å². The lowest BCUT2D eigenvalue weighted by Gasteiger charge is -2.58. The molecule has 31 atom stereocenters. The van der Waals surface area contributed by atoms with E-state index in [4.69, 9.17) is 47.4 Å². The van der Waals surface area contributed by atoms with Crippen molar-refractivity contribution in [1.29, 1.82) is 0 Å². The first kappa shape index (κ1) is 58.5. The maximum atomic E-state index is 11.6. The minimum absolute atomic E-state index is 0.00726. The first-order chi connectivity index (χ1) is 35.6. The molecule has 9 aliphatic rings. The second-order valence-corrected chi connectivity index (χ2v) is 24.0. The average molecular weight is 1080 g/mol. The zero-order valence-corrected chi connectivity index (χ0v) is 43.8. The lowest BCUT2D eigenvalue weighted by Crippen LogP contribution is -2.66. The Balaban J connectivity index is 0.804. The van der Waals surface area contributed by atoms with Gasteiger partial charge in [0, 0.05) is 19.4 Å². The van der Waals surface area contributed by atoms with Crippen LogP contribution in [0.4, 0.5) is 0 Å². The van der Waals surface area contributed by atoms with Gasteiger partial charge in [-0.05, 0) is 98.7 Å². The Bertz CT molecular complexity index is 1930. The molecule has 2 unspecified atom stereocenters. The molecule has 0 aromatic heterocycles. The Kier molecular flexibility index (Phi) is 17.9. The van der Waals surface area contributed by atoms with E-state index >= 15 is 0 Å². The summed E-state index contributed by atoms with van der Waals surface area (Å²) in [5, 5.41) is 137. The molecule has 5 saturated heterocycles. The average Bonchev–Trinajstić information content (AvgIpc) is 3.92. The number of hydrogen-bond donors (Lipinski definition) is 13. The Labute approximate surface area is 437 Å². The van der Waals surface area contributed by atoms with Gasteiger partial charge >= 0.3 is 0 Å². The lowest BCUT2D eigenvalue weighted by atomic mass is 9.47. The summed E-state index contributed by atoms with van der Waals surface area (Å²) in [7, 11) is 1.72. The SMILES string of the molecule is COC1(CCC(C)CO[C@@H]2O[C@H](CO)[C@@H](O)[C@H](O)[C@H]2O)O[C@H]2C[C@H]3[C@@H]4CC=C5C[C@@H](O[C@@H]6O[C@H](CO)[C@@H](O[C@@H]7O[C@H](CO)[C@@H](O)[C@H](O)[C@H]7O[C@@H]7O[C@@H](C)[C@H](O)[C@@H](O)[C@H]7O)[C@H](O)[C@H]6O)CC[C@]5(C)[C@H]4CC[C@]3(C)[C@H]2[C@@H]1C. The number of allylic oxidation sites excluding steroid dienone is 1. The highest BCUT2D eigenvalue weighted by atomic mass is 16.8. The van der Waals surface area contributed by atoms with Gasteiger partial charge in [0.2, 0.25) is 0 Å². The van der Waals surface area contributed by atoms with Crippen LogP contribution in [0.1, 0.15) is 92.4 Å². The van der Waals surface area contributed by atoms with Crippen molar-refractivity contribution in [2.75, 3.05) is 33.5 Å². The molecule has 75 heavy (non-hydrogen) atoms. The fourth-order valence-electron chi connectivity index (χ4n) is 15.3. The van der Waals surface area contributed by atoms with E-state index in [1.165, 1.54) is 12.5 Å². The number of hydrogen-bond acceptors (Lipinski definition) is 23. The highest BCUT2D eigenvalue weighted by Gasteiger charge is 2.68. The summed E-state index contributed by atoms with van der Waals surface area (Å²) in [6.45, 7) is 8.73. The van der Waals surface area contributed by atoms with Gasteiger partial charge in [0.1, 0.15) is 91.6 Å². The summed E-state index contributed by atoms with van der Waals surface area (Å²) in [4.78, 5) is 0. The number of rotatable bonds is 16. The molecule has 0 amide bonds. The van der Waals surface area contributed by atoms with Crippen LogP contribution < -0.4 is 0 Å². The number of aliphatic hydroxyl groups is 13. The fourth-order valence-corrected chi connectivity index (χ4v) is 15.3. The Morgan fingerprint density at radius 1 is 0.640 bits per heavy atom. The molecule has 432 valence electrons. The van der Waals surface area contributed by atoms with Crippen LogP contribution in [0.15, 0.2) is 11.6 Å². The second-order valence-electron chi connectivity index (χ2n) is 24.0. The standard InChI is InChI=1S/C52H86O23/c1-21(20-67-46-41(63)38(60)35(57)30(17-53)70-46)9-14-52(66-6)22(2)33-29(75-52)16-28-26-8-7-24-15-25(10-12-50(24,4)27(26)11-13-51(28,33)5)69-48-43(65)40(62)44(32(19-55)72-48)73-49-45(39(61)36(58)31(18-54)71-49)74-47-42(64)37(59)34(56)23(3)68-47/h7,21-23,25-49,53-65H,8-20H2,1-6H3/t21?,22-,23-,25-,26+,27-,28-,29-,30+,31+,32+,33-,34-,35+,36+,37+,38-,39-,40+,41+,42+,43+,44+,45+,46+,47-,48+,49-,50-,51-,52?/m0/s1. The van der Waals surface area contributed by atoms with Gasteiger partial charge in [-0.15, -0.1) is 0 Å². The number of aliphatic hydroxyl groups excluding tert-OH is 13. The highest BCUT2D eigenvalue weighted by molar-refractivity contribution is 5.26. The van der Waals surface area contributed by atoms with Gasteiger partial charge in [-0.3, -0.25) is 0 Å². The maximum Gasteiger partial charge on any atom is 0.187 e. The predicted octanol–water partition coefficient (Wildman–Crippen LogP) is -2.35. The monoisotopic (exact) mass is 1080 g/mol. The van der Waals surface area contributed by atoms with E-state index in [0.29, 0.717) is 49.4 Å². The van der Waals surface area contributed by atoms with Gasteiger partial charge in [-0.25, -0.2) is 0 Å². The molecular weight excluding hydrogens is 993 g/mol. The zero-order chi connectivity index (χ0) is 54.2. The van der Waals surface area contributed by atoms with E-state index in [0.717, 1.165) is 32.1 Å². The molecule has 5 aliphatic heterocycles. The van der Waals surface area contributed by atoms with E-state index in [1.54, 1.807) is 7.11 Å². The number of methoxy groups -OCH3 is 1. The van der Waals surface area contributed by atoms with Crippen molar-refractivity contribution >= 4 is 0 Å². The van der Waals surface area contributed by atoms with Crippen molar-refractivity contribution < 1.29 is 114 Å². The summed E-state index contributed by atoms with van der Waals surface area (Å²) >= 11 is 0. The van der Waals surface area contributed by atoms with E-state index in [-0.39, 0.29) is 41.5 Å². The Morgan fingerprint density at radius 2 is 1.23 bits per heavy atom. The van der Waals surface area contributed by atoms with Crippen LogP contribution in [0.5, 0.6) is 0 Å². The third-order valence-electron chi connectivity index (χ3n) is 19.8. The zero-order valence-electron chi connectivity index (χ0n) is 43.8. The molecule has 0 spiro atoms. The predicted molar refractivity (Wildman–Crippen MR) is 255 cm³/mol. The van der Waals surface area contributed by atoms with E-state index in [9.17, 15) is 66.4 Å². The summed E-state index contributed by atoms with van der Waals surface area (Å²) in [5.74, 6) is 0.949. The van der Waals surface area contributed by atoms with E-state index in [2.05, 4.69) is 26.8 Å². The van der Waals surface area contributed by atoms with Crippen molar-refractivity contribution in [3.05, 3.63) is 11.6 Å². The molecule has 0 aromatic carbocycles. The van der Waals surface area contributed by atoms with Crippen LogP contribution in [0.2, 0.25) is 0 Å². The van der Waals surface area contributed by atoms with Gasteiger partial charge in [0.15, 0.2) is 30.9 Å². The number of ether oxygens (including phenoxy) is 10. The van der Waals surface area contributed by atoms with E-state index in [1.807, 2.05) is 6.92 Å². The van der Waals surface area contributed by atoms with Crippen LogP contribution in [-0.4, -0.2) is 241 Å². The molecular formula is C52H86O23. The van der Waals surface area contributed by atoms with Crippen LogP contribution in [0.25, 0.3) is 0 Å². The molecule has 8 fully saturated rings. The van der Waals surface area contributed by atoms with Crippen molar-refractivity contribution in [1.82, 2.24) is 0 Å². The van der Waals surface area contributed by atoms with Crippen molar-refractivity contribution in [3.63, 3.8) is 0 Å². The Hall–Kier alpha value is -1.18. The summed E-state index contributed by atoms with van der Waals surface area (Å²) < 4.78 is 60.5. The van der Waals surface area contributed by atoms with Crippen LogP contribution >= 0.6 is 0 Å². The first-order valence-electron chi connectivity index (χ1n) is 27.3. The minimum Gasteiger partial charge on any atom is -0.394 e. The second kappa shape index (κ2) is 23.0. The molecule has 4 aliphatic carbocycles. The van der Waals surface area contributed by atoms with Crippen LogP contribution in [0.3, 0.4) is 0 Å². The summed E-state index contributed by atoms with van der Waals surface area (Å²) in [5.41, 5.74) is 1.24. The first-order valence-corrected chi connectivity index (χ1v) is 27.3. The molecule has 0 bridgehead atoms. The van der Waals surface area contributed by atoms with Gasteiger partial charge in [0.05, 0.1) is 44.7 Å². The molecule has 0 radical (unpaired) electrons.